The van der Waals surface area contributed by atoms with Crippen LogP contribution in [0.15, 0.2) is 71.6 Å². The second kappa shape index (κ2) is 13.6. The molecule has 226 valence electrons. The summed E-state index contributed by atoms with van der Waals surface area (Å²) in [7, 11) is -4.54. The van der Waals surface area contributed by atoms with Crippen LogP contribution in [0.2, 0.25) is 5.02 Å². The lowest BCUT2D eigenvalue weighted by Gasteiger charge is -2.33. The average molecular weight is 624 g/mol. The molecule has 0 aliphatic carbocycles. The predicted octanol–water partition coefficient (Wildman–Crippen LogP) is 6.11. The van der Waals surface area contributed by atoms with Gasteiger partial charge < -0.3 is 10.2 Å². The molecule has 0 bridgehead atoms. The molecule has 1 atom stereocenters. The summed E-state index contributed by atoms with van der Waals surface area (Å²) in [6.07, 6.45) is -4.66. The van der Waals surface area contributed by atoms with Gasteiger partial charge in [-0.3, -0.25) is 13.9 Å². The summed E-state index contributed by atoms with van der Waals surface area (Å²) in [5.74, 6) is -1.20. The van der Waals surface area contributed by atoms with E-state index < -0.39 is 56.9 Å². The van der Waals surface area contributed by atoms with Crippen molar-refractivity contribution in [3.05, 3.63) is 94.0 Å². The van der Waals surface area contributed by atoms with E-state index in [-0.39, 0.29) is 17.9 Å². The smallest absolute Gasteiger partial charge is 0.355 e. The highest BCUT2D eigenvalue weighted by Gasteiger charge is 2.37. The average Bonchev–Trinajstić information content (AvgIpc) is 2.91. The molecule has 0 fully saturated rings. The zero-order valence-electron chi connectivity index (χ0n) is 23.7. The Kier molecular flexibility index (Phi) is 10.7. The minimum absolute atomic E-state index is 0.0248. The summed E-state index contributed by atoms with van der Waals surface area (Å²) in [4.78, 5) is 28.0. The van der Waals surface area contributed by atoms with Crippen LogP contribution in [0.1, 0.15) is 42.5 Å². The molecule has 0 saturated heterocycles. The number of benzene rings is 3. The fourth-order valence-corrected chi connectivity index (χ4v) is 6.10. The standard InChI is InChI=1S/C30H33ClF3N3O4S/c1-5-27(29(39)35-6-2)36(18-22-9-7-8-21(4)16-22)28(38)19-37(42(40,41)24-13-10-20(3)11-14-24)23-12-15-26(31)25(17-23)30(32,33)34/h7-17,27H,5-6,18-19H2,1-4H3,(H,35,39)/t27-/m1/s1. The molecule has 7 nitrogen and oxygen atoms in total. The van der Waals surface area contributed by atoms with Crippen LogP contribution in [-0.4, -0.2) is 44.3 Å². The first-order valence-electron chi connectivity index (χ1n) is 13.3. The fraction of sp³-hybridized carbons (Fsp3) is 0.333. The first-order valence-corrected chi connectivity index (χ1v) is 15.1. The van der Waals surface area contributed by atoms with Crippen LogP contribution in [0.3, 0.4) is 0 Å². The van der Waals surface area contributed by atoms with Gasteiger partial charge in [0, 0.05) is 13.1 Å². The number of aryl methyl sites for hydroxylation is 2. The molecule has 0 saturated carbocycles. The number of carbonyl (C=O) groups excluding carboxylic acids is 2. The van der Waals surface area contributed by atoms with E-state index in [1.165, 1.54) is 17.0 Å². The lowest BCUT2D eigenvalue weighted by atomic mass is 10.1. The molecule has 12 heteroatoms. The van der Waals surface area contributed by atoms with E-state index in [4.69, 9.17) is 11.6 Å². The predicted molar refractivity (Wildman–Crippen MR) is 157 cm³/mol. The second-order valence-corrected chi connectivity index (χ2v) is 12.1. The summed E-state index contributed by atoms with van der Waals surface area (Å²) in [5, 5.41) is 2.08. The highest BCUT2D eigenvalue weighted by Crippen LogP contribution is 2.38. The van der Waals surface area contributed by atoms with Crippen LogP contribution < -0.4 is 9.62 Å². The van der Waals surface area contributed by atoms with Crippen molar-refractivity contribution in [2.75, 3.05) is 17.4 Å². The van der Waals surface area contributed by atoms with Gasteiger partial charge in [-0.2, -0.15) is 13.2 Å². The van der Waals surface area contributed by atoms with Crippen LogP contribution in [0, 0.1) is 13.8 Å². The molecule has 0 radical (unpaired) electrons. The molecule has 0 aromatic heterocycles. The maximum absolute atomic E-state index is 14.0. The molecule has 42 heavy (non-hydrogen) atoms. The third-order valence-corrected chi connectivity index (χ3v) is 8.72. The lowest BCUT2D eigenvalue weighted by molar-refractivity contribution is -0.140. The molecule has 3 aromatic rings. The molecule has 0 spiro atoms. The number of anilines is 1. The van der Waals surface area contributed by atoms with Crippen molar-refractivity contribution in [3.8, 4) is 0 Å². The Morgan fingerprint density at radius 2 is 1.62 bits per heavy atom. The van der Waals surface area contributed by atoms with Gasteiger partial charge in [0.25, 0.3) is 10.0 Å². The Morgan fingerprint density at radius 3 is 2.19 bits per heavy atom. The van der Waals surface area contributed by atoms with E-state index in [0.717, 1.165) is 23.3 Å². The van der Waals surface area contributed by atoms with Crippen molar-refractivity contribution in [2.45, 2.75) is 57.8 Å². The normalized spacial score (nSPS) is 12.5. The van der Waals surface area contributed by atoms with Crippen LogP contribution >= 0.6 is 11.6 Å². The molecular weight excluding hydrogens is 591 g/mol. The monoisotopic (exact) mass is 623 g/mol. The molecule has 0 aliphatic heterocycles. The number of carbonyl (C=O) groups is 2. The van der Waals surface area contributed by atoms with Crippen LogP contribution in [-0.2, 0) is 32.3 Å². The van der Waals surface area contributed by atoms with Gasteiger partial charge in [0.2, 0.25) is 11.8 Å². The third kappa shape index (κ3) is 7.83. The Hall–Kier alpha value is -3.57. The van der Waals surface area contributed by atoms with Gasteiger partial charge in [-0.25, -0.2) is 8.42 Å². The minimum Gasteiger partial charge on any atom is -0.355 e. The molecular formula is C30H33ClF3N3O4S. The molecule has 2 amide bonds. The van der Waals surface area contributed by atoms with Gasteiger partial charge in [0.15, 0.2) is 0 Å². The van der Waals surface area contributed by atoms with Gasteiger partial charge in [-0.1, -0.05) is 66.0 Å². The van der Waals surface area contributed by atoms with Crippen LogP contribution in [0.5, 0.6) is 0 Å². The number of likely N-dealkylation sites (N-methyl/N-ethyl adjacent to an activating group) is 1. The number of rotatable bonds is 11. The van der Waals surface area contributed by atoms with E-state index in [2.05, 4.69) is 5.32 Å². The van der Waals surface area contributed by atoms with Crippen molar-refractivity contribution < 1.29 is 31.2 Å². The zero-order chi connectivity index (χ0) is 31.2. The van der Waals surface area contributed by atoms with Crippen molar-refractivity contribution >= 4 is 39.1 Å². The molecule has 1 N–H and O–H groups in total. The van der Waals surface area contributed by atoms with E-state index in [9.17, 15) is 31.2 Å². The third-order valence-electron chi connectivity index (χ3n) is 6.60. The van der Waals surface area contributed by atoms with Gasteiger partial charge >= 0.3 is 6.18 Å². The van der Waals surface area contributed by atoms with Crippen molar-refractivity contribution in [1.82, 2.24) is 10.2 Å². The number of hydrogen-bond donors (Lipinski definition) is 1. The van der Waals surface area contributed by atoms with Crippen molar-refractivity contribution in [1.29, 1.82) is 0 Å². The summed E-state index contributed by atoms with van der Waals surface area (Å²) in [5.41, 5.74) is 0.727. The first kappa shape index (κ1) is 32.9. The van der Waals surface area contributed by atoms with Crippen molar-refractivity contribution in [3.63, 3.8) is 0 Å². The van der Waals surface area contributed by atoms with Crippen molar-refractivity contribution in [2.24, 2.45) is 0 Å². The zero-order valence-corrected chi connectivity index (χ0v) is 25.3. The number of amides is 2. The highest BCUT2D eigenvalue weighted by molar-refractivity contribution is 7.92. The topological polar surface area (TPSA) is 86.8 Å². The molecule has 0 heterocycles. The maximum atomic E-state index is 14.0. The number of hydrogen-bond acceptors (Lipinski definition) is 4. The highest BCUT2D eigenvalue weighted by atomic mass is 35.5. The molecule has 0 unspecified atom stereocenters. The lowest BCUT2D eigenvalue weighted by Crippen LogP contribution is -2.52. The van der Waals surface area contributed by atoms with E-state index in [1.54, 1.807) is 45.0 Å². The van der Waals surface area contributed by atoms with Crippen LogP contribution in [0.25, 0.3) is 0 Å². The number of nitrogens with one attached hydrogen (secondary N) is 1. The minimum atomic E-state index is -4.88. The second-order valence-electron chi connectivity index (χ2n) is 9.82. The maximum Gasteiger partial charge on any atom is 0.417 e. The number of nitrogens with zero attached hydrogens (tertiary/aromatic N) is 2. The largest absolute Gasteiger partial charge is 0.417 e. The van der Waals surface area contributed by atoms with Gasteiger partial charge in [-0.15, -0.1) is 0 Å². The number of sulfonamides is 1. The summed E-state index contributed by atoms with van der Waals surface area (Å²) in [6.45, 7) is 6.48. The van der Waals surface area contributed by atoms with Crippen LogP contribution in [0.4, 0.5) is 18.9 Å². The molecule has 3 aromatic carbocycles. The van der Waals surface area contributed by atoms with E-state index in [1.807, 2.05) is 19.1 Å². The first-order chi connectivity index (χ1) is 19.7. The van der Waals surface area contributed by atoms with Gasteiger partial charge in [-0.05, 0) is 63.1 Å². The molecule has 0 aliphatic rings. The number of alkyl halides is 3. The summed E-state index contributed by atoms with van der Waals surface area (Å²) < 4.78 is 69.7. The van der Waals surface area contributed by atoms with E-state index >= 15 is 0 Å². The quantitative estimate of drug-likeness (QED) is 0.279. The summed E-state index contributed by atoms with van der Waals surface area (Å²) in [6, 6.07) is 14.7. The Labute approximate surface area is 249 Å². The molecule has 3 rings (SSSR count). The Balaban J connectivity index is 2.15. The number of halogens is 4. The SMILES string of the molecule is CCNC(=O)[C@@H](CC)N(Cc1cccc(C)c1)C(=O)CN(c1ccc(Cl)c(C(F)(F)F)c1)S(=O)(=O)c1ccc(C)cc1. The van der Waals surface area contributed by atoms with Gasteiger partial charge in [0.1, 0.15) is 12.6 Å². The Bertz CT molecular complexity index is 1530. The Morgan fingerprint density at radius 1 is 0.952 bits per heavy atom. The fourth-order valence-electron chi connectivity index (χ4n) is 4.47. The van der Waals surface area contributed by atoms with Gasteiger partial charge in [0.05, 0.1) is 21.2 Å². The van der Waals surface area contributed by atoms with E-state index in [0.29, 0.717) is 22.5 Å². The summed E-state index contributed by atoms with van der Waals surface area (Å²) >= 11 is 5.81.